The van der Waals surface area contributed by atoms with Crippen LogP contribution >= 0.6 is 0 Å². The van der Waals surface area contributed by atoms with Crippen LogP contribution in [0.4, 0.5) is 13.2 Å². The fourth-order valence-corrected chi connectivity index (χ4v) is 1.79. The number of pyridine rings is 1. The normalized spacial score (nSPS) is 11.4. The largest absolute Gasteiger partial charge is 0.468 e. The molecule has 23 heavy (non-hydrogen) atoms. The van der Waals surface area contributed by atoms with Crippen molar-refractivity contribution in [3.8, 4) is 28.7 Å². The molecule has 1 aromatic carbocycles. The van der Waals surface area contributed by atoms with Crippen molar-refractivity contribution in [2.75, 3.05) is 6.61 Å². The average molecular weight is 321 g/mol. The third-order valence-electron chi connectivity index (χ3n) is 2.83. The van der Waals surface area contributed by atoms with Gasteiger partial charge in [-0.15, -0.1) is 0 Å². The summed E-state index contributed by atoms with van der Waals surface area (Å²) in [5.74, 6) is 0.509. The van der Waals surface area contributed by atoms with Gasteiger partial charge in [-0.25, -0.2) is 4.98 Å². The lowest BCUT2D eigenvalue weighted by Gasteiger charge is -2.07. The number of halogens is 3. The Morgan fingerprint density at radius 1 is 1.00 bits per heavy atom. The van der Waals surface area contributed by atoms with E-state index in [-0.39, 0.29) is 5.88 Å². The average Bonchev–Trinajstić information content (AvgIpc) is 3.04. The smallest absolute Gasteiger partial charge is 0.422 e. The summed E-state index contributed by atoms with van der Waals surface area (Å²) in [5.41, 5.74) is 1.28. The molecule has 2 heterocycles. The number of hydrogen-bond acceptors (Lipinski definition) is 5. The van der Waals surface area contributed by atoms with Gasteiger partial charge in [-0.2, -0.15) is 18.2 Å². The van der Waals surface area contributed by atoms with E-state index in [4.69, 9.17) is 4.52 Å². The molecule has 8 heteroatoms. The fraction of sp³-hybridized carbons (Fsp3) is 0.133. The summed E-state index contributed by atoms with van der Waals surface area (Å²) in [6, 6.07) is 12.0. The van der Waals surface area contributed by atoms with Gasteiger partial charge in [0.2, 0.25) is 11.7 Å². The van der Waals surface area contributed by atoms with Crippen LogP contribution in [0.2, 0.25) is 0 Å². The molecular formula is C15H10F3N3O2. The Labute approximate surface area is 128 Å². The van der Waals surface area contributed by atoms with Crippen LogP contribution in [-0.4, -0.2) is 27.9 Å². The van der Waals surface area contributed by atoms with Gasteiger partial charge in [-0.3, -0.25) is 0 Å². The zero-order valence-electron chi connectivity index (χ0n) is 11.6. The first-order valence-corrected chi connectivity index (χ1v) is 6.56. The Morgan fingerprint density at radius 3 is 2.43 bits per heavy atom. The van der Waals surface area contributed by atoms with Crippen LogP contribution in [0.25, 0.3) is 22.8 Å². The standard InChI is InChI=1S/C15H10F3N3O2/c16-15(17,18)9-22-12-7-6-11(8-19-12)13-20-14(23-21-13)10-4-2-1-3-5-10/h1-8H,9H2. The number of benzene rings is 1. The Hall–Kier alpha value is -2.90. The highest BCUT2D eigenvalue weighted by atomic mass is 19.4. The minimum atomic E-state index is -4.40. The highest BCUT2D eigenvalue weighted by Crippen LogP contribution is 2.23. The second-order valence-corrected chi connectivity index (χ2v) is 4.58. The summed E-state index contributed by atoms with van der Waals surface area (Å²) in [4.78, 5) is 8.02. The lowest BCUT2D eigenvalue weighted by molar-refractivity contribution is -0.154. The number of nitrogens with zero attached hydrogens (tertiary/aromatic N) is 3. The van der Waals surface area contributed by atoms with E-state index in [1.165, 1.54) is 18.3 Å². The minimum absolute atomic E-state index is 0.127. The number of ether oxygens (including phenoxy) is 1. The number of alkyl halides is 3. The van der Waals surface area contributed by atoms with Gasteiger partial charge in [0.15, 0.2) is 6.61 Å². The van der Waals surface area contributed by atoms with E-state index in [0.29, 0.717) is 17.3 Å². The molecule has 2 aromatic heterocycles. The third kappa shape index (κ3) is 3.85. The van der Waals surface area contributed by atoms with Crippen molar-refractivity contribution in [1.29, 1.82) is 0 Å². The topological polar surface area (TPSA) is 61.0 Å². The van der Waals surface area contributed by atoms with Crippen molar-refractivity contribution in [2.45, 2.75) is 6.18 Å². The number of aromatic nitrogens is 3. The Bertz CT molecular complexity index is 771. The first-order valence-electron chi connectivity index (χ1n) is 6.56. The van der Waals surface area contributed by atoms with Crippen LogP contribution in [0, 0.1) is 0 Å². The lowest BCUT2D eigenvalue weighted by Crippen LogP contribution is -2.19. The molecule has 0 atom stereocenters. The van der Waals surface area contributed by atoms with Crippen LogP contribution in [0.15, 0.2) is 53.2 Å². The van der Waals surface area contributed by atoms with Gasteiger partial charge in [-0.05, 0) is 18.2 Å². The van der Waals surface area contributed by atoms with E-state index in [0.717, 1.165) is 5.56 Å². The summed E-state index contributed by atoms with van der Waals surface area (Å²) in [6.45, 7) is -1.39. The molecule has 0 aliphatic rings. The molecule has 0 unspecified atom stereocenters. The van der Waals surface area contributed by atoms with Crippen molar-refractivity contribution in [2.24, 2.45) is 0 Å². The van der Waals surface area contributed by atoms with Crippen LogP contribution in [0.5, 0.6) is 5.88 Å². The molecule has 0 saturated heterocycles. The second kappa shape index (κ2) is 6.07. The zero-order chi connectivity index (χ0) is 16.3. The molecule has 118 valence electrons. The molecule has 0 N–H and O–H groups in total. The van der Waals surface area contributed by atoms with Crippen molar-refractivity contribution in [1.82, 2.24) is 15.1 Å². The minimum Gasteiger partial charge on any atom is -0.468 e. The Morgan fingerprint density at radius 2 is 1.78 bits per heavy atom. The van der Waals surface area contributed by atoms with Gasteiger partial charge in [0.25, 0.3) is 5.89 Å². The van der Waals surface area contributed by atoms with Crippen molar-refractivity contribution >= 4 is 0 Å². The summed E-state index contributed by atoms with van der Waals surface area (Å²) in [5, 5.41) is 3.83. The fourth-order valence-electron chi connectivity index (χ4n) is 1.79. The maximum absolute atomic E-state index is 12.1. The first kappa shape index (κ1) is 15.0. The van der Waals surface area contributed by atoms with Gasteiger partial charge >= 0.3 is 6.18 Å². The molecule has 0 bridgehead atoms. The van der Waals surface area contributed by atoms with E-state index in [2.05, 4.69) is 19.9 Å². The summed E-state index contributed by atoms with van der Waals surface area (Å²) in [6.07, 6.45) is -3.08. The quantitative estimate of drug-likeness (QED) is 0.732. The van der Waals surface area contributed by atoms with E-state index in [1.54, 1.807) is 0 Å². The van der Waals surface area contributed by atoms with Crippen molar-refractivity contribution in [3.05, 3.63) is 48.7 Å². The second-order valence-electron chi connectivity index (χ2n) is 4.58. The number of hydrogen-bond donors (Lipinski definition) is 0. The van der Waals surface area contributed by atoms with E-state index < -0.39 is 12.8 Å². The highest BCUT2D eigenvalue weighted by Gasteiger charge is 2.28. The predicted octanol–water partition coefficient (Wildman–Crippen LogP) is 3.74. The summed E-state index contributed by atoms with van der Waals surface area (Å²) < 4.78 is 45.9. The van der Waals surface area contributed by atoms with Crippen molar-refractivity contribution < 1.29 is 22.4 Å². The first-order chi connectivity index (χ1) is 11.0. The molecule has 0 fully saturated rings. The van der Waals surface area contributed by atoms with Crippen LogP contribution in [0.3, 0.4) is 0 Å². The van der Waals surface area contributed by atoms with E-state index >= 15 is 0 Å². The van der Waals surface area contributed by atoms with Crippen LogP contribution < -0.4 is 4.74 Å². The lowest BCUT2D eigenvalue weighted by atomic mass is 10.2. The molecule has 5 nitrogen and oxygen atoms in total. The predicted molar refractivity (Wildman–Crippen MR) is 74.5 cm³/mol. The van der Waals surface area contributed by atoms with Crippen LogP contribution in [-0.2, 0) is 0 Å². The molecule has 0 spiro atoms. The molecule has 0 saturated carbocycles. The Balaban J connectivity index is 1.74. The monoisotopic (exact) mass is 321 g/mol. The van der Waals surface area contributed by atoms with Crippen LogP contribution in [0.1, 0.15) is 0 Å². The summed E-state index contributed by atoms with van der Waals surface area (Å²) >= 11 is 0. The molecule has 0 amide bonds. The number of rotatable bonds is 4. The third-order valence-corrected chi connectivity index (χ3v) is 2.83. The van der Waals surface area contributed by atoms with Gasteiger partial charge in [-0.1, -0.05) is 23.4 Å². The molecule has 3 rings (SSSR count). The molecule has 0 aliphatic heterocycles. The van der Waals surface area contributed by atoms with Gasteiger partial charge in [0.1, 0.15) is 0 Å². The van der Waals surface area contributed by atoms with Gasteiger partial charge in [0.05, 0.1) is 0 Å². The molecule has 0 aliphatic carbocycles. The zero-order valence-corrected chi connectivity index (χ0v) is 11.6. The summed E-state index contributed by atoms with van der Waals surface area (Å²) in [7, 11) is 0. The molecule has 3 aromatic rings. The molecular weight excluding hydrogens is 311 g/mol. The maximum atomic E-state index is 12.1. The van der Waals surface area contributed by atoms with E-state index in [1.807, 2.05) is 30.3 Å². The maximum Gasteiger partial charge on any atom is 0.422 e. The SMILES string of the molecule is FC(F)(F)COc1ccc(-c2noc(-c3ccccc3)n2)cn1. The van der Waals surface area contributed by atoms with Gasteiger partial charge < -0.3 is 9.26 Å². The Kier molecular flexibility index (Phi) is 3.96. The molecule has 0 radical (unpaired) electrons. The van der Waals surface area contributed by atoms with Crippen molar-refractivity contribution in [3.63, 3.8) is 0 Å². The highest BCUT2D eigenvalue weighted by molar-refractivity contribution is 5.59. The van der Waals surface area contributed by atoms with E-state index in [9.17, 15) is 13.2 Å². The van der Waals surface area contributed by atoms with Gasteiger partial charge in [0, 0.05) is 23.4 Å².